The lowest BCUT2D eigenvalue weighted by Crippen LogP contribution is -2.48. The van der Waals surface area contributed by atoms with Gasteiger partial charge in [-0.3, -0.25) is 4.79 Å². The van der Waals surface area contributed by atoms with Crippen molar-refractivity contribution in [2.45, 2.75) is 40.5 Å². The minimum atomic E-state index is 0.141. The van der Waals surface area contributed by atoms with E-state index in [-0.39, 0.29) is 5.91 Å². The molecular formula is C27H32N4O. The summed E-state index contributed by atoms with van der Waals surface area (Å²) in [5.41, 5.74) is 7.21. The Kier molecular flexibility index (Phi) is 6.54. The van der Waals surface area contributed by atoms with Gasteiger partial charge >= 0.3 is 0 Å². The zero-order valence-corrected chi connectivity index (χ0v) is 19.6. The molecule has 5 heteroatoms. The van der Waals surface area contributed by atoms with Crippen molar-refractivity contribution in [1.29, 1.82) is 0 Å². The van der Waals surface area contributed by atoms with Crippen LogP contribution in [0.2, 0.25) is 0 Å². The van der Waals surface area contributed by atoms with Crippen LogP contribution in [0.1, 0.15) is 41.8 Å². The Hall–Kier alpha value is -3.21. The van der Waals surface area contributed by atoms with Gasteiger partial charge in [-0.15, -0.1) is 0 Å². The number of rotatable bonds is 5. The molecule has 1 amide bonds. The Labute approximate surface area is 191 Å². The van der Waals surface area contributed by atoms with E-state index in [0.717, 1.165) is 61.9 Å². The van der Waals surface area contributed by atoms with E-state index in [0.29, 0.717) is 0 Å². The molecule has 32 heavy (non-hydrogen) atoms. The molecule has 5 nitrogen and oxygen atoms in total. The first kappa shape index (κ1) is 22.0. The highest BCUT2D eigenvalue weighted by Gasteiger charge is 2.25. The van der Waals surface area contributed by atoms with Crippen molar-refractivity contribution >= 4 is 11.7 Å². The summed E-state index contributed by atoms with van der Waals surface area (Å²) in [6.07, 6.45) is 1.66. The number of aryl methyl sites for hydroxylation is 3. The molecule has 4 rings (SSSR count). The predicted octanol–water partition coefficient (Wildman–Crippen LogP) is 4.58. The number of piperazine rings is 1. The minimum absolute atomic E-state index is 0.141. The van der Waals surface area contributed by atoms with Crippen molar-refractivity contribution in [3.63, 3.8) is 0 Å². The Morgan fingerprint density at radius 2 is 1.69 bits per heavy atom. The molecule has 1 saturated heterocycles. The summed E-state index contributed by atoms with van der Waals surface area (Å²) in [4.78, 5) is 26.2. The smallest absolute Gasteiger partial charge is 0.219 e. The van der Waals surface area contributed by atoms with Crippen LogP contribution < -0.4 is 4.90 Å². The molecule has 1 aromatic heterocycles. The number of aromatic nitrogens is 2. The second-order valence-corrected chi connectivity index (χ2v) is 8.62. The Bertz CT molecular complexity index is 1100. The molecule has 2 heterocycles. The summed E-state index contributed by atoms with van der Waals surface area (Å²) in [7, 11) is 0. The molecule has 3 aromatic rings. The van der Waals surface area contributed by atoms with Crippen LogP contribution in [0, 0.1) is 13.8 Å². The van der Waals surface area contributed by atoms with Crippen molar-refractivity contribution in [2.24, 2.45) is 0 Å². The monoisotopic (exact) mass is 428 g/mol. The quantitative estimate of drug-likeness (QED) is 0.597. The fourth-order valence-corrected chi connectivity index (χ4v) is 4.38. The Morgan fingerprint density at radius 1 is 0.969 bits per heavy atom. The first-order valence-electron chi connectivity index (χ1n) is 11.5. The highest BCUT2D eigenvalue weighted by atomic mass is 16.2. The standard InChI is InChI=1S/C27H32N4O/c1-5-25-24(18-23-17-19(2)11-12-20(23)3)27(31-15-13-30(14-16-31)21(4)32)29-26(28-25)22-9-7-6-8-10-22/h6-12,17H,5,13-16,18H2,1-4H3. The maximum Gasteiger partial charge on any atom is 0.219 e. The molecule has 0 unspecified atom stereocenters. The summed E-state index contributed by atoms with van der Waals surface area (Å²) in [5, 5.41) is 0. The van der Waals surface area contributed by atoms with Crippen molar-refractivity contribution in [3.8, 4) is 11.4 Å². The first-order valence-corrected chi connectivity index (χ1v) is 11.5. The second-order valence-electron chi connectivity index (χ2n) is 8.62. The van der Waals surface area contributed by atoms with Crippen LogP contribution in [0.25, 0.3) is 11.4 Å². The average Bonchev–Trinajstić information content (AvgIpc) is 2.82. The van der Waals surface area contributed by atoms with Crippen LogP contribution in [0.5, 0.6) is 0 Å². The summed E-state index contributed by atoms with van der Waals surface area (Å²) < 4.78 is 0. The highest BCUT2D eigenvalue weighted by Crippen LogP contribution is 2.30. The Balaban J connectivity index is 1.80. The third-order valence-electron chi connectivity index (χ3n) is 6.33. The molecule has 1 aliphatic heterocycles. The van der Waals surface area contributed by atoms with E-state index >= 15 is 0 Å². The number of carbonyl (C=O) groups excluding carboxylic acids is 1. The van der Waals surface area contributed by atoms with Crippen molar-refractivity contribution in [3.05, 3.63) is 76.5 Å². The molecule has 1 fully saturated rings. The zero-order chi connectivity index (χ0) is 22.7. The molecule has 0 spiro atoms. The van der Waals surface area contributed by atoms with Gasteiger partial charge in [0.05, 0.1) is 0 Å². The SMILES string of the molecule is CCc1nc(-c2ccccc2)nc(N2CCN(C(C)=O)CC2)c1Cc1cc(C)ccc1C. The van der Waals surface area contributed by atoms with E-state index in [1.165, 1.54) is 22.3 Å². The topological polar surface area (TPSA) is 49.3 Å². The van der Waals surface area contributed by atoms with Gasteiger partial charge in [-0.1, -0.05) is 61.0 Å². The van der Waals surface area contributed by atoms with Gasteiger partial charge < -0.3 is 9.80 Å². The second kappa shape index (κ2) is 9.51. The van der Waals surface area contributed by atoms with Gasteiger partial charge in [0, 0.05) is 56.3 Å². The lowest BCUT2D eigenvalue weighted by Gasteiger charge is -2.36. The van der Waals surface area contributed by atoms with Crippen LogP contribution in [0.3, 0.4) is 0 Å². The lowest BCUT2D eigenvalue weighted by molar-refractivity contribution is -0.129. The van der Waals surface area contributed by atoms with Crippen molar-refractivity contribution < 1.29 is 4.79 Å². The van der Waals surface area contributed by atoms with Gasteiger partial charge in [-0.2, -0.15) is 0 Å². The molecule has 2 aromatic carbocycles. The third kappa shape index (κ3) is 4.67. The van der Waals surface area contributed by atoms with E-state index in [1.807, 2.05) is 23.1 Å². The third-order valence-corrected chi connectivity index (χ3v) is 6.33. The van der Waals surface area contributed by atoms with Crippen LogP contribution in [-0.4, -0.2) is 47.0 Å². The number of nitrogens with zero attached hydrogens (tertiary/aromatic N) is 4. The van der Waals surface area contributed by atoms with Crippen LogP contribution in [0.15, 0.2) is 48.5 Å². The molecule has 0 radical (unpaired) electrons. The molecule has 0 atom stereocenters. The van der Waals surface area contributed by atoms with E-state index in [4.69, 9.17) is 9.97 Å². The molecule has 1 aliphatic rings. The first-order chi connectivity index (χ1) is 15.5. The van der Waals surface area contributed by atoms with E-state index in [1.54, 1.807) is 6.92 Å². The molecular weight excluding hydrogens is 396 g/mol. The van der Waals surface area contributed by atoms with Gasteiger partial charge in [0.1, 0.15) is 5.82 Å². The summed E-state index contributed by atoms with van der Waals surface area (Å²) >= 11 is 0. The maximum absolute atomic E-state index is 11.8. The molecule has 0 bridgehead atoms. The normalized spacial score (nSPS) is 14.0. The fraction of sp³-hybridized carbons (Fsp3) is 0.370. The van der Waals surface area contributed by atoms with Crippen LogP contribution >= 0.6 is 0 Å². The molecule has 0 aliphatic carbocycles. The average molecular weight is 429 g/mol. The van der Waals surface area contributed by atoms with Crippen molar-refractivity contribution in [2.75, 3.05) is 31.1 Å². The number of hydrogen-bond acceptors (Lipinski definition) is 4. The summed E-state index contributed by atoms with van der Waals surface area (Å²) in [6.45, 7) is 11.2. The predicted molar refractivity (Wildman–Crippen MR) is 130 cm³/mol. The van der Waals surface area contributed by atoms with Gasteiger partial charge in [-0.25, -0.2) is 9.97 Å². The Morgan fingerprint density at radius 3 is 2.34 bits per heavy atom. The molecule has 166 valence electrons. The molecule has 0 N–H and O–H groups in total. The van der Waals surface area contributed by atoms with Gasteiger partial charge in [0.25, 0.3) is 0 Å². The van der Waals surface area contributed by atoms with Gasteiger partial charge in [0.15, 0.2) is 5.82 Å². The zero-order valence-electron chi connectivity index (χ0n) is 19.6. The minimum Gasteiger partial charge on any atom is -0.353 e. The van der Waals surface area contributed by atoms with E-state index in [2.05, 4.69) is 56.0 Å². The largest absolute Gasteiger partial charge is 0.353 e. The lowest BCUT2D eigenvalue weighted by atomic mass is 9.96. The number of anilines is 1. The van der Waals surface area contributed by atoms with Gasteiger partial charge in [0.2, 0.25) is 5.91 Å². The number of carbonyl (C=O) groups is 1. The summed E-state index contributed by atoms with van der Waals surface area (Å²) in [5.74, 6) is 1.93. The number of hydrogen-bond donors (Lipinski definition) is 0. The maximum atomic E-state index is 11.8. The van der Waals surface area contributed by atoms with Gasteiger partial charge in [-0.05, 0) is 31.4 Å². The highest BCUT2D eigenvalue weighted by molar-refractivity contribution is 5.73. The number of amides is 1. The van der Waals surface area contributed by atoms with E-state index in [9.17, 15) is 4.79 Å². The number of benzene rings is 2. The van der Waals surface area contributed by atoms with Crippen molar-refractivity contribution in [1.82, 2.24) is 14.9 Å². The van der Waals surface area contributed by atoms with Crippen LogP contribution in [-0.2, 0) is 17.6 Å². The van der Waals surface area contributed by atoms with Crippen LogP contribution in [0.4, 0.5) is 5.82 Å². The molecule has 0 saturated carbocycles. The summed E-state index contributed by atoms with van der Waals surface area (Å²) in [6, 6.07) is 16.8. The van der Waals surface area contributed by atoms with E-state index < -0.39 is 0 Å². The fourth-order valence-electron chi connectivity index (χ4n) is 4.38.